The van der Waals surface area contributed by atoms with Crippen LogP contribution >= 0.6 is 0 Å². The van der Waals surface area contributed by atoms with Crippen molar-refractivity contribution >= 4 is 5.91 Å². The van der Waals surface area contributed by atoms with Crippen molar-refractivity contribution in [2.45, 2.75) is 83.9 Å². The first-order valence-corrected chi connectivity index (χ1v) is 12.6. The fourth-order valence-electron chi connectivity index (χ4n) is 4.64. The molecular weight excluding hydrogens is 431 g/mol. The van der Waals surface area contributed by atoms with Gasteiger partial charge in [0.15, 0.2) is 0 Å². The average molecular weight is 471 g/mol. The van der Waals surface area contributed by atoms with Crippen LogP contribution in [0.4, 0.5) is 4.39 Å². The second-order valence-electron chi connectivity index (χ2n) is 9.32. The highest BCUT2D eigenvalue weighted by atomic mass is 19.1. The lowest BCUT2D eigenvalue weighted by Gasteiger charge is -2.30. The number of ether oxygens (including phenoxy) is 1. The number of amides is 1. The van der Waals surface area contributed by atoms with Crippen molar-refractivity contribution in [2.24, 2.45) is 0 Å². The highest BCUT2D eigenvalue weighted by molar-refractivity contribution is 5.73. The van der Waals surface area contributed by atoms with Crippen LogP contribution in [-0.4, -0.2) is 36.3 Å². The fourth-order valence-corrected chi connectivity index (χ4v) is 4.64. The van der Waals surface area contributed by atoms with Gasteiger partial charge in [-0.15, -0.1) is 0 Å². The summed E-state index contributed by atoms with van der Waals surface area (Å²) in [6.07, 6.45) is 5.57. The van der Waals surface area contributed by atoms with Gasteiger partial charge in [-0.1, -0.05) is 38.5 Å². The van der Waals surface area contributed by atoms with Gasteiger partial charge in [0.2, 0.25) is 5.91 Å². The molecule has 0 heterocycles. The van der Waals surface area contributed by atoms with Crippen LogP contribution in [0, 0.1) is 5.82 Å². The Bertz CT molecular complexity index is 949. The van der Waals surface area contributed by atoms with Crippen LogP contribution in [0.2, 0.25) is 0 Å². The Morgan fingerprint density at radius 2 is 2.03 bits per heavy atom. The van der Waals surface area contributed by atoms with Crippen LogP contribution in [0.25, 0.3) is 0 Å². The van der Waals surface area contributed by atoms with Gasteiger partial charge in [0, 0.05) is 25.6 Å². The van der Waals surface area contributed by atoms with E-state index < -0.39 is 12.1 Å². The molecule has 0 spiro atoms. The molecule has 3 rings (SSSR count). The lowest BCUT2D eigenvalue weighted by atomic mass is 9.86. The van der Waals surface area contributed by atoms with Gasteiger partial charge in [0.1, 0.15) is 11.6 Å². The third-order valence-electron chi connectivity index (χ3n) is 6.51. The van der Waals surface area contributed by atoms with Crippen molar-refractivity contribution in [3.05, 3.63) is 64.5 Å². The van der Waals surface area contributed by atoms with E-state index in [9.17, 15) is 14.3 Å². The van der Waals surface area contributed by atoms with Crippen LogP contribution in [0.1, 0.15) is 74.8 Å². The minimum Gasteiger partial charge on any atom is -0.493 e. The summed E-state index contributed by atoms with van der Waals surface area (Å²) in [5.41, 5.74) is 4.67. The standard InChI is InChI=1S/C28H39FN2O3/c1-4-6-12-34-24-14-21(13-23(29)17-24)16-27(31-19(3)32)28(33)18-30-26-9-7-8-22-11-10-20(5-2)15-25(22)26/h10-11,13-15,17,26-28,30,33H,4-9,12,16,18H2,1-3H3,(H,31,32). The monoisotopic (exact) mass is 470 g/mol. The summed E-state index contributed by atoms with van der Waals surface area (Å²) in [5.74, 6) is -0.137. The smallest absolute Gasteiger partial charge is 0.217 e. The zero-order valence-electron chi connectivity index (χ0n) is 20.7. The van der Waals surface area contributed by atoms with Crippen LogP contribution < -0.4 is 15.4 Å². The van der Waals surface area contributed by atoms with E-state index in [0.29, 0.717) is 30.9 Å². The number of aliphatic hydroxyl groups is 1. The highest BCUT2D eigenvalue weighted by Gasteiger charge is 2.25. The number of halogens is 1. The predicted octanol–water partition coefficient (Wildman–Crippen LogP) is 4.64. The number of unbranched alkanes of at least 4 members (excludes halogenated alkanes) is 1. The molecule has 1 amide bonds. The van der Waals surface area contributed by atoms with Crippen LogP contribution in [0.3, 0.4) is 0 Å². The van der Waals surface area contributed by atoms with Crippen molar-refractivity contribution < 1.29 is 19.0 Å². The summed E-state index contributed by atoms with van der Waals surface area (Å²) in [6.45, 7) is 6.52. The molecule has 0 bridgehead atoms. The number of aryl methyl sites for hydroxylation is 2. The Morgan fingerprint density at radius 3 is 2.76 bits per heavy atom. The second kappa shape index (κ2) is 12.9. The van der Waals surface area contributed by atoms with Gasteiger partial charge in [-0.2, -0.15) is 0 Å². The summed E-state index contributed by atoms with van der Waals surface area (Å²) >= 11 is 0. The van der Waals surface area contributed by atoms with Crippen molar-refractivity contribution in [1.29, 1.82) is 0 Å². The van der Waals surface area contributed by atoms with E-state index in [1.807, 2.05) is 0 Å². The maximum absolute atomic E-state index is 14.2. The molecule has 3 unspecified atom stereocenters. The maximum atomic E-state index is 14.2. The first-order valence-electron chi connectivity index (χ1n) is 12.6. The van der Waals surface area contributed by atoms with E-state index >= 15 is 0 Å². The summed E-state index contributed by atoms with van der Waals surface area (Å²) in [5, 5.41) is 17.4. The van der Waals surface area contributed by atoms with Crippen LogP contribution in [0.15, 0.2) is 36.4 Å². The van der Waals surface area contributed by atoms with Gasteiger partial charge in [-0.25, -0.2) is 4.39 Å². The molecule has 2 aromatic carbocycles. The van der Waals surface area contributed by atoms with E-state index in [-0.39, 0.29) is 17.8 Å². The first-order chi connectivity index (χ1) is 16.4. The topological polar surface area (TPSA) is 70.6 Å². The van der Waals surface area contributed by atoms with E-state index in [4.69, 9.17) is 4.74 Å². The summed E-state index contributed by atoms with van der Waals surface area (Å²) in [7, 11) is 0. The molecule has 186 valence electrons. The Kier molecular flexibility index (Phi) is 9.90. The number of aliphatic hydroxyl groups excluding tert-OH is 1. The lowest BCUT2D eigenvalue weighted by Crippen LogP contribution is -2.48. The van der Waals surface area contributed by atoms with Crippen molar-refractivity contribution in [2.75, 3.05) is 13.2 Å². The van der Waals surface area contributed by atoms with Gasteiger partial charge in [-0.05, 0) is 72.9 Å². The summed E-state index contributed by atoms with van der Waals surface area (Å²) in [4.78, 5) is 11.9. The van der Waals surface area contributed by atoms with Crippen LogP contribution in [0.5, 0.6) is 5.75 Å². The zero-order chi connectivity index (χ0) is 24.5. The first kappa shape index (κ1) is 26.2. The number of carbonyl (C=O) groups excluding carboxylic acids is 1. The molecule has 0 fully saturated rings. The van der Waals surface area contributed by atoms with Gasteiger partial charge >= 0.3 is 0 Å². The molecule has 0 radical (unpaired) electrons. The maximum Gasteiger partial charge on any atom is 0.217 e. The molecule has 3 atom stereocenters. The van der Waals surface area contributed by atoms with E-state index in [1.54, 1.807) is 6.07 Å². The van der Waals surface area contributed by atoms with Crippen molar-refractivity contribution in [3.63, 3.8) is 0 Å². The third kappa shape index (κ3) is 7.54. The summed E-state index contributed by atoms with van der Waals surface area (Å²) in [6, 6.07) is 10.9. The molecule has 2 aromatic rings. The number of carbonyl (C=O) groups is 1. The van der Waals surface area contributed by atoms with E-state index in [0.717, 1.165) is 38.5 Å². The Labute approximate surface area is 203 Å². The molecule has 1 aliphatic carbocycles. The van der Waals surface area contributed by atoms with Crippen molar-refractivity contribution in [3.8, 4) is 5.75 Å². The highest BCUT2D eigenvalue weighted by Crippen LogP contribution is 2.30. The average Bonchev–Trinajstić information content (AvgIpc) is 2.81. The summed E-state index contributed by atoms with van der Waals surface area (Å²) < 4.78 is 19.9. The molecular formula is C28H39FN2O3. The molecule has 0 saturated carbocycles. The number of hydrogen-bond acceptors (Lipinski definition) is 4. The number of benzene rings is 2. The van der Waals surface area contributed by atoms with Crippen LogP contribution in [-0.2, 0) is 24.1 Å². The molecule has 5 nitrogen and oxygen atoms in total. The third-order valence-corrected chi connectivity index (χ3v) is 6.51. The number of fused-ring (bicyclic) bond motifs is 1. The molecule has 3 N–H and O–H groups in total. The number of rotatable bonds is 12. The van der Waals surface area contributed by atoms with Crippen molar-refractivity contribution in [1.82, 2.24) is 10.6 Å². The van der Waals surface area contributed by atoms with Gasteiger partial charge in [-0.3, -0.25) is 4.79 Å². The minimum atomic E-state index is -0.823. The predicted molar refractivity (Wildman–Crippen MR) is 134 cm³/mol. The minimum absolute atomic E-state index is 0.176. The molecule has 34 heavy (non-hydrogen) atoms. The number of nitrogens with one attached hydrogen (secondary N) is 2. The Hall–Kier alpha value is -2.44. The number of hydrogen-bond donors (Lipinski definition) is 3. The SMILES string of the molecule is CCCCOc1cc(F)cc(CC(NC(C)=O)C(O)CNC2CCCc3ccc(CC)cc32)c1. The fraction of sp³-hybridized carbons (Fsp3) is 0.536. The second-order valence-corrected chi connectivity index (χ2v) is 9.32. The van der Waals surface area contributed by atoms with Gasteiger partial charge < -0.3 is 20.5 Å². The Morgan fingerprint density at radius 1 is 1.21 bits per heavy atom. The molecule has 6 heteroatoms. The quantitative estimate of drug-likeness (QED) is 0.395. The largest absolute Gasteiger partial charge is 0.493 e. The zero-order valence-corrected chi connectivity index (χ0v) is 20.7. The molecule has 0 aromatic heterocycles. The van der Waals surface area contributed by atoms with Gasteiger partial charge in [0.25, 0.3) is 0 Å². The molecule has 0 aliphatic heterocycles. The molecule has 0 saturated heterocycles. The van der Waals surface area contributed by atoms with Gasteiger partial charge in [0.05, 0.1) is 18.8 Å². The normalized spacial score (nSPS) is 17.0. The molecule has 1 aliphatic rings. The Balaban J connectivity index is 1.68. The lowest BCUT2D eigenvalue weighted by molar-refractivity contribution is -0.120. The van der Waals surface area contributed by atoms with E-state index in [2.05, 4.69) is 42.7 Å². The van der Waals surface area contributed by atoms with E-state index in [1.165, 1.54) is 35.7 Å².